The molecule has 0 radical (unpaired) electrons. The standard InChI is InChI=1S/C17H20ClN5O2/c1-2-5-23-15(24)17(20-16(23)25)3-6-22(7-4-17)14-9-11(18)8-13-12(14)10-19-21-13/h8-10H,2-7H2,1H3,(H,19,21)(H,20,25). The number of nitrogens with one attached hydrogen (secondary N) is 2. The highest BCUT2D eigenvalue weighted by Gasteiger charge is 2.52. The van der Waals surface area contributed by atoms with Crippen molar-refractivity contribution in [1.29, 1.82) is 0 Å². The van der Waals surface area contributed by atoms with Gasteiger partial charge in [0, 0.05) is 35.7 Å². The number of rotatable bonds is 3. The molecule has 2 aliphatic heterocycles. The Bertz CT molecular complexity index is 841. The predicted molar refractivity (Wildman–Crippen MR) is 95.8 cm³/mol. The van der Waals surface area contributed by atoms with Crippen molar-refractivity contribution < 1.29 is 9.59 Å². The van der Waals surface area contributed by atoms with E-state index in [1.165, 1.54) is 4.90 Å². The molecule has 132 valence electrons. The number of urea groups is 1. The number of hydrogen-bond acceptors (Lipinski definition) is 4. The summed E-state index contributed by atoms with van der Waals surface area (Å²) in [6.07, 6.45) is 3.73. The Labute approximate surface area is 150 Å². The van der Waals surface area contributed by atoms with Crippen LogP contribution in [-0.2, 0) is 4.79 Å². The van der Waals surface area contributed by atoms with Crippen LogP contribution in [0.3, 0.4) is 0 Å². The lowest BCUT2D eigenvalue weighted by molar-refractivity contribution is -0.132. The minimum absolute atomic E-state index is 0.0847. The number of piperidine rings is 1. The molecule has 0 unspecified atom stereocenters. The summed E-state index contributed by atoms with van der Waals surface area (Å²) in [6, 6.07) is 3.51. The molecule has 2 saturated heterocycles. The molecular formula is C17H20ClN5O2. The molecule has 2 aliphatic rings. The maximum absolute atomic E-state index is 12.7. The van der Waals surface area contributed by atoms with Crippen molar-refractivity contribution in [1.82, 2.24) is 20.4 Å². The number of fused-ring (bicyclic) bond motifs is 1. The van der Waals surface area contributed by atoms with E-state index in [1.807, 2.05) is 19.1 Å². The van der Waals surface area contributed by atoms with Crippen molar-refractivity contribution in [2.24, 2.45) is 0 Å². The number of aromatic amines is 1. The SMILES string of the molecule is CCCN1C(=O)NC2(CCN(c3cc(Cl)cc4[nH]ncc34)CC2)C1=O. The van der Waals surface area contributed by atoms with Gasteiger partial charge in [0.15, 0.2) is 0 Å². The number of imide groups is 1. The normalized spacial score (nSPS) is 19.9. The number of aromatic nitrogens is 2. The summed E-state index contributed by atoms with van der Waals surface area (Å²) in [7, 11) is 0. The van der Waals surface area contributed by atoms with Crippen LogP contribution in [0.25, 0.3) is 10.9 Å². The third kappa shape index (κ3) is 2.54. The number of halogens is 1. The third-order valence-electron chi connectivity index (χ3n) is 5.15. The van der Waals surface area contributed by atoms with Crippen LogP contribution in [0.15, 0.2) is 18.3 Å². The Morgan fingerprint density at radius 2 is 2.04 bits per heavy atom. The minimum Gasteiger partial charge on any atom is -0.371 e. The lowest BCUT2D eigenvalue weighted by Crippen LogP contribution is -2.55. The third-order valence-corrected chi connectivity index (χ3v) is 5.37. The number of benzene rings is 1. The number of carbonyl (C=O) groups is 2. The average Bonchev–Trinajstić information content (AvgIpc) is 3.14. The van der Waals surface area contributed by atoms with Gasteiger partial charge in [0.25, 0.3) is 5.91 Å². The van der Waals surface area contributed by atoms with E-state index in [4.69, 9.17) is 11.6 Å². The van der Waals surface area contributed by atoms with Gasteiger partial charge in [0.1, 0.15) is 5.54 Å². The first kappa shape index (κ1) is 16.2. The van der Waals surface area contributed by atoms with Crippen LogP contribution in [0, 0.1) is 0 Å². The summed E-state index contributed by atoms with van der Waals surface area (Å²) in [5, 5.41) is 11.6. The zero-order valence-electron chi connectivity index (χ0n) is 14.0. The van der Waals surface area contributed by atoms with Gasteiger partial charge in [-0.05, 0) is 31.4 Å². The summed E-state index contributed by atoms with van der Waals surface area (Å²) >= 11 is 6.22. The maximum Gasteiger partial charge on any atom is 0.325 e. The van der Waals surface area contributed by atoms with Crippen LogP contribution < -0.4 is 10.2 Å². The van der Waals surface area contributed by atoms with Gasteiger partial charge in [-0.25, -0.2) is 4.79 Å². The zero-order valence-corrected chi connectivity index (χ0v) is 14.8. The van der Waals surface area contributed by atoms with Gasteiger partial charge in [0.2, 0.25) is 0 Å². The van der Waals surface area contributed by atoms with Crippen molar-refractivity contribution in [3.8, 4) is 0 Å². The Balaban J connectivity index is 1.56. The second-order valence-corrected chi connectivity index (χ2v) is 7.15. The highest BCUT2D eigenvalue weighted by Crippen LogP contribution is 2.35. The van der Waals surface area contributed by atoms with E-state index < -0.39 is 5.54 Å². The van der Waals surface area contributed by atoms with Gasteiger partial charge in [-0.15, -0.1) is 0 Å². The van der Waals surface area contributed by atoms with Crippen LogP contribution in [0.2, 0.25) is 5.02 Å². The van der Waals surface area contributed by atoms with Gasteiger partial charge in [-0.1, -0.05) is 18.5 Å². The van der Waals surface area contributed by atoms with Crippen LogP contribution in [-0.4, -0.2) is 52.2 Å². The van der Waals surface area contributed by atoms with Gasteiger partial charge in [0.05, 0.1) is 11.7 Å². The molecule has 3 amide bonds. The zero-order chi connectivity index (χ0) is 17.6. The summed E-state index contributed by atoms with van der Waals surface area (Å²) in [5.41, 5.74) is 1.15. The molecule has 0 atom stereocenters. The lowest BCUT2D eigenvalue weighted by atomic mass is 9.87. The second-order valence-electron chi connectivity index (χ2n) is 6.71. The fourth-order valence-corrected chi connectivity index (χ4v) is 4.04. The second kappa shape index (κ2) is 5.91. The van der Waals surface area contributed by atoms with Gasteiger partial charge < -0.3 is 10.2 Å². The van der Waals surface area contributed by atoms with E-state index in [0.29, 0.717) is 37.5 Å². The number of hydrogen-bond donors (Lipinski definition) is 2. The van der Waals surface area contributed by atoms with E-state index in [1.54, 1.807) is 6.20 Å². The Kier molecular flexibility index (Phi) is 3.83. The molecule has 2 fully saturated rings. The van der Waals surface area contributed by atoms with Crippen LogP contribution in [0.5, 0.6) is 0 Å². The molecule has 0 aliphatic carbocycles. The number of anilines is 1. The number of amides is 3. The van der Waals surface area contributed by atoms with Gasteiger partial charge >= 0.3 is 6.03 Å². The Morgan fingerprint density at radius 1 is 1.28 bits per heavy atom. The largest absolute Gasteiger partial charge is 0.371 e. The van der Waals surface area contributed by atoms with E-state index in [0.717, 1.165) is 23.0 Å². The van der Waals surface area contributed by atoms with Crippen molar-refractivity contribution in [2.75, 3.05) is 24.5 Å². The predicted octanol–water partition coefficient (Wildman–Crippen LogP) is 2.52. The molecular weight excluding hydrogens is 342 g/mol. The molecule has 25 heavy (non-hydrogen) atoms. The maximum atomic E-state index is 12.7. The average molecular weight is 362 g/mol. The van der Waals surface area contributed by atoms with Crippen LogP contribution in [0.4, 0.5) is 10.5 Å². The van der Waals surface area contributed by atoms with E-state index in [-0.39, 0.29) is 11.9 Å². The molecule has 2 aromatic rings. The summed E-state index contributed by atoms with van der Waals surface area (Å²) < 4.78 is 0. The number of nitrogens with zero attached hydrogens (tertiary/aromatic N) is 3. The molecule has 8 heteroatoms. The molecule has 0 bridgehead atoms. The van der Waals surface area contributed by atoms with Crippen molar-refractivity contribution >= 4 is 40.1 Å². The first-order chi connectivity index (χ1) is 12.0. The van der Waals surface area contributed by atoms with Gasteiger partial charge in [-0.2, -0.15) is 5.10 Å². The molecule has 3 heterocycles. The van der Waals surface area contributed by atoms with Crippen molar-refractivity contribution in [3.63, 3.8) is 0 Å². The summed E-state index contributed by atoms with van der Waals surface area (Å²) in [6.45, 7) is 3.78. The summed E-state index contributed by atoms with van der Waals surface area (Å²) in [5.74, 6) is -0.0847. The highest BCUT2D eigenvalue weighted by molar-refractivity contribution is 6.31. The van der Waals surface area contributed by atoms with Crippen LogP contribution >= 0.6 is 11.6 Å². The molecule has 1 aromatic carbocycles. The summed E-state index contributed by atoms with van der Waals surface area (Å²) in [4.78, 5) is 28.4. The molecule has 1 aromatic heterocycles. The smallest absolute Gasteiger partial charge is 0.325 e. The fourth-order valence-electron chi connectivity index (χ4n) is 3.83. The van der Waals surface area contributed by atoms with E-state index in [2.05, 4.69) is 20.4 Å². The fraction of sp³-hybridized carbons (Fsp3) is 0.471. The lowest BCUT2D eigenvalue weighted by Gasteiger charge is -2.38. The molecule has 0 saturated carbocycles. The minimum atomic E-state index is -0.753. The Hall–Kier alpha value is -2.28. The van der Waals surface area contributed by atoms with E-state index >= 15 is 0 Å². The molecule has 1 spiro atoms. The van der Waals surface area contributed by atoms with Crippen LogP contribution in [0.1, 0.15) is 26.2 Å². The van der Waals surface area contributed by atoms with Crippen molar-refractivity contribution in [2.45, 2.75) is 31.7 Å². The van der Waals surface area contributed by atoms with Crippen molar-refractivity contribution in [3.05, 3.63) is 23.4 Å². The Morgan fingerprint density at radius 3 is 2.76 bits per heavy atom. The number of H-pyrrole nitrogens is 1. The molecule has 2 N–H and O–H groups in total. The van der Waals surface area contributed by atoms with Gasteiger partial charge in [-0.3, -0.25) is 14.8 Å². The monoisotopic (exact) mass is 361 g/mol. The highest BCUT2D eigenvalue weighted by atomic mass is 35.5. The topological polar surface area (TPSA) is 81.3 Å². The number of carbonyl (C=O) groups excluding carboxylic acids is 2. The first-order valence-electron chi connectivity index (χ1n) is 8.56. The quantitative estimate of drug-likeness (QED) is 0.823. The molecule has 7 nitrogen and oxygen atoms in total. The first-order valence-corrected chi connectivity index (χ1v) is 8.93. The molecule has 4 rings (SSSR count). The van der Waals surface area contributed by atoms with E-state index in [9.17, 15) is 9.59 Å².